The van der Waals surface area contributed by atoms with Crippen LogP contribution in [0.3, 0.4) is 0 Å². The number of rotatable bonds is 12. The average molecular weight is 1130 g/mol. The van der Waals surface area contributed by atoms with Crippen molar-refractivity contribution in [2.75, 3.05) is 39.3 Å². The Bertz CT molecular complexity index is 2700. The van der Waals surface area contributed by atoms with Crippen LogP contribution in [0.5, 0.6) is 23.0 Å². The lowest BCUT2D eigenvalue weighted by Gasteiger charge is -2.27. The molecule has 4 N–H and O–H groups in total. The number of nitrogens with zero attached hydrogens (tertiary/aromatic N) is 5. The number of hydrogen-bond acceptors (Lipinski definition) is 16. The number of amides is 4. The van der Waals surface area contributed by atoms with Gasteiger partial charge in [0.05, 0.1) is 23.4 Å². The number of carboxylic acid groups (broad SMARTS) is 1. The van der Waals surface area contributed by atoms with Crippen LogP contribution in [0.25, 0.3) is 9.40 Å². The summed E-state index contributed by atoms with van der Waals surface area (Å²) in [5.74, 6) is -0.994. The van der Waals surface area contributed by atoms with Gasteiger partial charge in [0.25, 0.3) is 23.6 Å². The van der Waals surface area contributed by atoms with Crippen LogP contribution in [-0.2, 0) is 33.6 Å². The monoisotopic (exact) mass is 1130 g/mol. The van der Waals surface area contributed by atoms with Crippen molar-refractivity contribution in [1.29, 1.82) is 0 Å². The Kier molecular flexibility index (Phi) is 24.2. The molecule has 8 rings (SSSR count). The van der Waals surface area contributed by atoms with Crippen molar-refractivity contribution in [3.05, 3.63) is 59.3 Å². The summed E-state index contributed by atoms with van der Waals surface area (Å²) in [5.41, 5.74) is 4.05. The Morgan fingerprint density at radius 1 is 0.553 bits per heavy atom. The molecule has 1 aromatic heterocycles. The highest BCUT2D eigenvalue weighted by molar-refractivity contribution is 8.25. The van der Waals surface area contributed by atoms with Crippen molar-refractivity contribution in [3.63, 3.8) is 0 Å². The molecule has 17 nitrogen and oxygen atoms in total. The fourth-order valence-electron chi connectivity index (χ4n) is 8.17. The van der Waals surface area contributed by atoms with Gasteiger partial charge in [-0.05, 0) is 115 Å². The number of aliphatic carboxylic acids is 1. The molecule has 0 bridgehead atoms. The third kappa shape index (κ3) is 15.1. The van der Waals surface area contributed by atoms with Gasteiger partial charge in [0.15, 0.2) is 11.6 Å². The number of allylic oxidation sites excluding steroid dienone is 4. The maximum absolute atomic E-state index is 13.1. The van der Waals surface area contributed by atoms with Crippen molar-refractivity contribution in [3.8, 4) is 23.0 Å². The summed E-state index contributed by atoms with van der Waals surface area (Å²) in [6, 6.07) is 0. The first-order valence-electron chi connectivity index (χ1n) is 26.0. The normalized spacial score (nSPS) is 16.2. The van der Waals surface area contributed by atoms with E-state index in [1.54, 1.807) is 70.4 Å². The van der Waals surface area contributed by atoms with Crippen LogP contribution < -0.4 is 13.7 Å². The van der Waals surface area contributed by atoms with Crippen LogP contribution in [0.4, 0.5) is 0 Å². The summed E-state index contributed by atoms with van der Waals surface area (Å²) in [4.78, 5) is 80.9. The Labute approximate surface area is 462 Å². The number of thioether (sulfide) groups is 2. The van der Waals surface area contributed by atoms with Gasteiger partial charge in [-0.1, -0.05) is 99.6 Å². The molecule has 21 heteroatoms. The number of hydrogen-bond donors (Lipinski definition) is 4. The van der Waals surface area contributed by atoms with Gasteiger partial charge in [0.1, 0.15) is 48.1 Å². The van der Waals surface area contributed by atoms with E-state index in [2.05, 4.69) is 18.4 Å². The second kappa shape index (κ2) is 29.2. The van der Waals surface area contributed by atoms with Gasteiger partial charge in [0, 0.05) is 56.1 Å². The predicted octanol–water partition coefficient (Wildman–Crippen LogP) is 8.61. The number of ketones is 2. The van der Waals surface area contributed by atoms with E-state index < -0.39 is 5.97 Å². The zero-order valence-corrected chi connectivity index (χ0v) is 49.1. The summed E-state index contributed by atoms with van der Waals surface area (Å²) < 4.78 is 5.76. The van der Waals surface area contributed by atoms with E-state index in [0.717, 1.165) is 91.9 Å². The molecule has 416 valence electrons. The Hall–Kier alpha value is -5.64. The van der Waals surface area contributed by atoms with Crippen molar-refractivity contribution in [2.24, 2.45) is 0 Å². The van der Waals surface area contributed by atoms with Crippen molar-refractivity contribution in [1.82, 2.24) is 24.6 Å². The SMILES string of the molecule is CC(=O)[O-].CC1=C(C)C(=O)C=CC1=O.CCCCN1C(=O)C(=C2Sc3c(O)c(C)c(C)c(O)c3S2)C(=O)N1CCCC.CCCCN1C(=O)CC(=O)N1CCCC.Cc1c(C)c(O)c2sc(=[N+]3CCCCC3)sc2c1O. The van der Waals surface area contributed by atoms with Gasteiger partial charge in [-0.3, -0.25) is 38.8 Å². The minimum absolute atomic E-state index is 0.0375. The number of carbonyl (C=O) groups is 7. The fourth-order valence-corrected chi connectivity index (χ4v) is 13.7. The lowest BCUT2D eigenvalue weighted by Crippen LogP contribution is -2.42. The molecule has 4 amide bonds. The molecule has 3 aromatic rings. The maximum atomic E-state index is 13.1. The Morgan fingerprint density at radius 2 is 0.882 bits per heavy atom. The molecule has 1 aliphatic carbocycles. The molecule has 5 aliphatic rings. The number of phenols is 4. The number of hydrazine groups is 2. The van der Waals surface area contributed by atoms with E-state index in [4.69, 9.17) is 9.90 Å². The highest BCUT2D eigenvalue weighted by atomic mass is 32.2. The van der Waals surface area contributed by atoms with Crippen LogP contribution in [0.15, 0.2) is 42.9 Å². The summed E-state index contributed by atoms with van der Waals surface area (Å²) in [7, 11) is 0. The predicted molar refractivity (Wildman–Crippen MR) is 299 cm³/mol. The van der Waals surface area contributed by atoms with Gasteiger partial charge < -0.3 is 30.3 Å². The van der Waals surface area contributed by atoms with E-state index in [1.807, 2.05) is 27.7 Å². The first-order valence-corrected chi connectivity index (χ1v) is 29.3. The van der Waals surface area contributed by atoms with Crippen molar-refractivity contribution in [2.45, 2.75) is 163 Å². The molecular weight excluding hydrogens is 1050 g/mol. The lowest BCUT2D eigenvalue weighted by atomic mass is 9.98. The van der Waals surface area contributed by atoms with E-state index >= 15 is 0 Å². The first kappa shape index (κ1) is 62.9. The number of piperidine rings is 1. The highest BCUT2D eigenvalue weighted by Crippen LogP contribution is 2.60. The number of aromatic hydroxyl groups is 4. The molecule has 5 heterocycles. The quantitative estimate of drug-likeness (QED) is 0.0332. The second-order valence-electron chi connectivity index (χ2n) is 18.9. The van der Waals surface area contributed by atoms with Crippen LogP contribution in [0.2, 0.25) is 0 Å². The molecule has 3 fully saturated rings. The number of fused-ring (bicyclic) bond motifs is 2. The molecule has 0 spiro atoms. The smallest absolute Gasteiger partial charge is 0.315 e. The van der Waals surface area contributed by atoms with Crippen LogP contribution >= 0.6 is 46.2 Å². The molecule has 0 unspecified atom stereocenters. The van der Waals surface area contributed by atoms with Gasteiger partial charge >= 0.3 is 3.98 Å². The summed E-state index contributed by atoms with van der Waals surface area (Å²) >= 11 is 5.59. The van der Waals surface area contributed by atoms with E-state index in [9.17, 15) is 49.2 Å². The standard InChI is InChI=1S/C20H26N2O4S2.C14H17NO2S2.C11H20N2O2.C8H8O2.C2H4O2/c1-5-7-9-21-18(25)13(19(26)22(21)10-8-6-2)20-27-16-14(23)11(3)12(4)15(24)17(16)28-20;1-8-9(2)11(17)13-12(10(8)16)18-14(19-13)15-6-4-3-5-7-15;1-3-5-7-12-10(14)9-11(15)13(12)8-6-4-2;1-5-6(2)8(10)4-3-7(5)9;1-2(3)4/h23-24H,5-10H2,1-4H3;3-7H2,1-2H3,(H-,16,17);3-9H2,1-2H3;3-4H,1-2H3;1H3,(H,3,4). The molecule has 0 radical (unpaired) electrons. The van der Waals surface area contributed by atoms with Gasteiger partial charge in [-0.25, -0.2) is 14.6 Å². The van der Waals surface area contributed by atoms with E-state index in [-0.39, 0.29) is 58.7 Å². The van der Waals surface area contributed by atoms with Crippen LogP contribution in [0.1, 0.15) is 148 Å². The largest absolute Gasteiger partial charge is 0.550 e. The number of benzene rings is 2. The topological polar surface area (TPSA) is 239 Å². The Morgan fingerprint density at radius 3 is 1.22 bits per heavy atom. The average Bonchev–Trinajstić information content (AvgIpc) is 4.17. The Balaban J connectivity index is 0.000000226. The van der Waals surface area contributed by atoms with Gasteiger partial charge in [-0.15, -0.1) is 0 Å². The van der Waals surface area contributed by atoms with Gasteiger partial charge in [-0.2, -0.15) is 0 Å². The number of carbonyl (C=O) groups excluding carboxylic acids is 7. The van der Waals surface area contributed by atoms with Crippen LogP contribution in [-0.4, -0.2) is 121 Å². The number of carboxylic acids is 1. The molecule has 76 heavy (non-hydrogen) atoms. The van der Waals surface area contributed by atoms with Gasteiger partial charge in [0.2, 0.25) is 0 Å². The number of phenolic OH excluding ortho intramolecular Hbond substituents is 4. The molecule has 0 atom stereocenters. The highest BCUT2D eigenvalue weighted by Gasteiger charge is 2.45. The fraction of sp³-hybridized carbons (Fsp3) is 0.527. The minimum Gasteiger partial charge on any atom is -0.550 e. The zero-order chi connectivity index (χ0) is 56.7. The molecule has 0 saturated carbocycles. The van der Waals surface area contributed by atoms with E-state index in [1.165, 1.54) is 58.9 Å². The van der Waals surface area contributed by atoms with Crippen LogP contribution in [0, 0.1) is 27.7 Å². The molecule has 2 aromatic carbocycles. The molecule has 3 saturated heterocycles. The lowest BCUT2D eigenvalue weighted by molar-refractivity contribution is -0.302. The van der Waals surface area contributed by atoms with E-state index in [0.29, 0.717) is 74.0 Å². The number of unbranched alkanes of at least 4 members (excludes halogenated alkanes) is 4. The minimum atomic E-state index is -1.08. The summed E-state index contributed by atoms with van der Waals surface area (Å²) in [5, 5.41) is 56.8. The van der Waals surface area contributed by atoms with Crippen molar-refractivity contribution >= 4 is 96.8 Å². The third-order valence-corrected chi connectivity index (χ3v) is 18.7. The third-order valence-electron chi connectivity index (χ3n) is 13.3. The molecular formula is C55H75N5O12S4. The zero-order valence-electron chi connectivity index (χ0n) is 45.8. The summed E-state index contributed by atoms with van der Waals surface area (Å²) in [6.07, 6.45) is 14.0. The molecule has 4 aliphatic heterocycles. The van der Waals surface area contributed by atoms with Crippen molar-refractivity contribution < 1.29 is 59.1 Å². The second-order valence-corrected chi connectivity index (χ2v) is 23.4. The summed E-state index contributed by atoms with van der Waals surface area (Å²) in [6.45, 7) is 24.3. The maximum Gasteiger partial charge on any atom is 0.315 e. The first-order chi connectivity index (χ1) is 36.0.